The minimum Gasteiger partial charge on any atom is -0.206 e. The summed E-state index contributed by atoms with van der Waals surface area (Å²) in [6.07, 6.45) is 0. The topological polar surface area (TPSA) is 0 Å². The summed E-state index contributed by atoms with van der Waals surface area (Å²) < 4.78 is 15.1. The Hall–Kier alpha value is -0.933. The van der Waals surface area contributed by atoms with Gasteiger partial charge in [0.05, 0.1) is 0 Å². The highest BCUT2D eigenvalue weighted by molar-refractivity contribution is 9.10. The molecule has 0 radical (unpaired) electrons. The summed E-state index contributed by atoms with van der Waals surface area (Å²) in [6.45, 7) is 4.57. The van der Waals surface area contributed by atoms with Gasteiger partial charge >= 0.3 is 0 Å². The third-order valence-corrected chi connectivity index (χ3v) is 7.65. The molecular weight excluding hydrogens is 295 g/mol. The summed E-state index contributed by atoms with van der Waals surface area (Å²) in [5.74, 6) is -0.0973. The van der Waals surface area contributed by atoms with Gasteiger partial charge in [0.1, 0.15) is 13.9 Å². The van der Waals surface area contributed by atoms with Crippen LogP contribution in [-0.4, -0.2) is 8.07 Å². The Labute approximate surface area is 110 Å². The van der Waals surface area contributed by atoms with E-state index in [1.165, 1.54) is 10.4 Å². The average molecular weight is 307 g/mol. The van der Waals surface area contributed by atoms with E-state index < -0.39 is 8.07 Å². The molecule has 0 saturated carbocycles. The zero-order valence-corrected chi connectivity index (χ0v) is 12.3. The van der Waals surface area contributed by atoms with E-state index in [9.17, 15) is 4.39 Å². The maximum atomic E-state index is 14.1. The van der Waals surface area contributed by atoms with E-state index in [1.807, 2.05) is 12.1 Å². The standard InChI is InChI=1S/C14H12BrFSi/c1-17(2)12-7-6-9(15)8-10(12)14-11(16)4-3-5-13(14)17/h3-8H,1-2H3. The van der Waals surface area contributed by atoms with Crippen molar-refractivity contribution in [1.82, 2.24) is 0 Å². The molecule has 0 nitrogen and oxygen atoms in total. The second-order valence-corrected chi connectivity index (χ2v) is 10.2. The van der Waals surface area contributed by atoms with Gasteiger partial charge in [0.25, 0.3) is 0 Å². The Morgan fingerprint density at radius 1 is 1.06 bits per heavy atom. The van der Waals surface area contributed by atoms with Crippen LogP contribution in [0.25, 0.3) is 11.1 Å². The van der Waals surface area contributed by atoms with E-state index in [0.717, 1.165) is 15.6 Å². The lowest BCUT2D eigenvalue weighted by Gasteiger charge is -2.18. The van der Waals surface area contributed by atoms with E-state index in [4.69, 9.17) is 0 Å². The molecule has 3 heteroatoms. The van der Waals surface area contributed by atoms with Crippen LogP contribution in [0.3, 0.4) is 0 Å². The number of rotatable bonds is 0. The van der Waals surface area contributed by atoms with Gasteiger partial charge < -0.3 is 0 Å². The summed E-state index contributed by atoms with van der Waals surface area (Å²) >= 11 is 3.47. The second-order valence-electron chi connectivity index (χ2n) is 4.98. The molecule has 3 rings (SSSR count). The Balaban J connectivity index is 2.44. The predicted molar refractivity (Wildman–Crippen MR) is 76.3 cm³/mol. The third kappa shape index (κ3) is 1.45. The molecule has 0 N–H and O–H groups in total. The predicted octanol–water partition coefficient (Wildman–Crippen LogP) is 3.39. The van der Waals surface area contributed by atoms with Gasteiger partial charge in [-0.05, 0) is 34.1 Å². The van der Waals surface area contributed by atoms with Gasteiger partial charge in [-0.15, -0.1) is 0 Å². The number of fused-ring (bicyclic) bond motifs is 3. The van der Waals surface area contributed by atoms with Gasteiger partial charge in [0.2, 0.25) is 0 Å². The average Bonchev–Trinajstić information content (AvgIpc) is 2.49. The van der Waals surface area contributed by atoms with Crippen molar-refractivity contribution in [2.45, 2.75) is 13.1 Å². The minimum absolute atomic E-state index is 0.0973. The molecule has 0 aliphatic carbocycles. The lowest BCUT2D eigenvalue weighted by molar-refractivity contribution is 0.632. The fraction of sp³-hybridized carbons (Fsp3) is 0.143. The summed E-state index contributed by atoms with van der Waals surface area (Å²) in [5.41, 5.74) is 1.89. The lowest BCUT2D eigenvalue weighted by Crippen LogP contribution is -2.49. The van der Waals surface area contributed by atoms with Crippen molar-refractivity contribution < 1.29 is 4.39 Å². The summed E-state index contributed by atoms with van der Waals surface area (Å²) in [7, 11) is -1.70. The molecule has 0 bridgehead atoms. The van der Waals surface area contributed by atoms with Gasteiger partial charge in [-0.3, -0.25) is 0 Å². The number of benzene rings is 2. The first kappa shape index (κ1) is 11.2. The van der Waals surface area contributed by atoms with Crippen LogP contribution in [0.4, 0.5) is 4.39 Å². The maximum Gasteiger partial charge on any atom is 0.130 e. The molecule has 0 spiro atoms. The molecular formula is C14H12BrFSi. The monoisotopic (exact) mass is 306 g/mol. The van der Waals surface area contributed by atoms with E-state index in [1.54, 1.807) is 6.07 Å². The largest absolute Gasteiger partial charge is 0.206 e. The van der Waals surface area contributed by atoms with E-state index >= 15 is 0 Å². The van der Waals surface area contributed by atoms with Crippen molar-refractivity contribution in [3.8, 4) is 11.1 Å². The molecule has 0 amide bonds. The highest BCUT2D eigenvalue weighted by Crippen LogP contribution is 2.31. The molecule has 0 unspecified atom stereocenters. The molecule has 0 fully saturated rings. The van der Waals surface area contributed by atoms with E-state index in [2.05, 4.69) is 47.2 Å². The summed E-state index contributed by atoms with van der Waals surface area (Å²) in [6, 6.07) is 11.7. The fourth-order valence-corrected chi connectivity index (χ4v) is 6.15. The maximum absolute atomic E-state index is 14.1. The van der Waals surface area contributed by atoms with Crippen molar-refractivity contribution in [3.63, 3.8) is 0 Å². The van der Waals surface area contributed by atoms with Crippen molar-refractivity contribution in [3.05, 3.63) is 46.7 Å². The number of halogens is 2. The van der Waals surface area contributed by atoms with Gasteiger partial charge in [0.15, 0.2) is 0 Å². The molecule has 0 saturated heterocycles. The lowest BCUT2D eigenvalue weighted by atomic mass is 10.1. The Morgan fingerprint density at radius 3 is 2.59 bits per heavy atom. The quantitative estimate of drug-likeness (QED) is 0.655. The Bertz CT molecular complexity index is 620. The number of hydrogen-bond acceptors (Lipinski definition) is 0. The van der Waals surface area contributed by atoms with Crippen LogP contribution in [0.2, 0.25) is 13.1 Å². The second kappa shape index (κ2) is 3.53. The first-order chi connectivity index (χ1) is 8.01. The molecule has 86 valence electrons. The highest BCUT2D eigenvalue weighted by atomic mass is 79.9. The SMILES string of the molecule is C[Si]1(C)c2ccc(Br)cc2-c2c(F)cccc21. The summed E-state index contributed by atoms with van der Waals surface area (Å²) in [4.78, 5) is 0. The smallest absolute Gasteiger partial charge is 0.130 e. The zero-order valence-electron chi connectivity index (χ0n) is 9.72. The molecule has 2 aromatic carbocycles. The molecule has 0 atom stereocenters. The first-order valence-electron chi connectivity index (χ1n) is 5.61. The van der Waals surface area contributed by atoms with E-state index in [0.29, 0.717) is 0 Å². The first-order valence-corrected chi connectivity index (χ1v) is 9.40. The van der Waals surface area contributed by atoms with Crippen LogP contribution >= 0.6 is 15.9 Å². The van der Waals surface area contributed by atoms with Crippen molar-refractivity contribution in [2.24, 2.45) is 0 Å². The molecule has 1 heterocycles. The molecule has 0 aromatic heterocycles. The Morgan fingerprint density at radius 2 is 1.82 bits per heavy atom. The van der Waals surface area contributed by atoms with Crippen LogP contribution in [0.15, 0.2) is 40.9 Å². The van der Waals surface area contributed by atoms with Gasteiger partial charge in [-0.1, -0.05) is 47.2 Å². The molecule has 1 aliphatic heterocycles. The van der Waals surface area contributed by atoms with Crippen molar-refractivity contribution in [1.29, 1.82) is 0 Å². The van der Waals surface area contributed by atoms with E-state index in [-0.39, 0.29) is 5.82 Å². The van der Waals surface area contributed by atoms with Crippen LogP contribution in [0.5, 0.6) is 0 Å². The van der Waals surface area contributed by atoms with Gasteiger partial charge in [-0.2, -0.15) is 0 Å². The normalized spacial score (nSPS) is 15.5. The van der Waals surface area contributed by atoms with Crippen molar-refractivity contribution >= 4 is 34.4 Å². The Kier molecular flexibility index (Phi) is 2.32. The fourth-order valence-electron chi connectivity index (χ4n) is 2.73. The van der Waals surface area contributed by atoms with Crippen molar-refractivity contribution in [2.75, 3.05) is 0 Å². The van der Waals surface area contributed by atoms with Crippen LogP contribution < -0.4 is 10.4 Å². The highest BCUT2D eigenvalue weighted by Gasteiger charge is 2.38. The van der Waals surface area contributed by atoms with Crippen LogP contribution in [0.1, 0.15) is 0 Å². The number of hydrogen-bond donors (Lipinski definition) is 0. The van der Waals surface area contributed by atoms with Crippen LogP contribution in [-0.2, 0) is 0 Å². The van der Waals surface area contributed by atoms with Gasteiger partial charge in [-0.25, -0.2) is 4.39 Å². The molecule has 17 heavy (non-hydrogen) atoms. The molecule has 2 aromatic rings. The minimum atomic E-state index is -1.70. The molecule has 1 aliphatic rings. The third-order valence-electron chi connectivity index (χ3n) is 3.61. The van der Waals surface area contributed by atoms with Crippen LogP contribution in [0, 0.1) is 5.82 Å². The summed E-state index contributed by atoms with van der Waals surface area (Å²) in [5, 5.41) is 2.55. The van der Waals surface area contributed by atoms with Gasteiger partial charge in [0, 0.05) is 10.0 Å². The zero-order chi connectivity index (χ0) is 12.2.